The Morgan fingerprint density at radius 3 is 2.69 bits per heavy atom. The molecule has 0 nitrogen and oxygen atoms in total. The number of aryl methyl sites for hydroxylation is 1. The smallest absolute Gasteiger partial charge is 0.0146 e. The molecule has 1 aromatic carbocycles. The van der Waals surface area contributed by atoms with Gasteiger partial charge in [0.25, 0.3) is 0 Å². The molecule has 1 aromatic rings. The summed E-state index contributed by atoms with van der Waals surface area (Å²) in [7, 11) is 0. The van der Waals surface area contributed by atoms with Crippen molar-refractivity contribution in [2.24, 2.45) is 5.92 Å². The highest BCUT2D eigenvalue weighted by molar-refractivity contribution is 5.26. The van der Waals surface area contributed by atoms with Gasteiger partial charge in [-0.05, 0) is 42.4 Å². The molecule has 16 heavy (non-hydrogen) atoms. The molecule has 1 rings (SSSR count). The Labute approximate surface area is 101 Å². The van der Waals surface area contributed by atoms with Crippen molar-refractivity contribution in [3.05, 3.63) is 35.4 Å². The molecule has 0 aromatic heterocycles. The number of hydrogen-bond donors (Lipinski definition) is 0. The second-order valence-corrected chi connectivity index (χ2v) is 5.08. The lowest BCUT2D eigenvalue weighted by Gasteiger charge is -2.10. The van der Waals surface area contributed by atoms with Crippen molar-refractivity contribution in [1.29, 1.82) is 0 Å². The summed E-state index contributed by atoms with van der Waals surface area (Å²) in [4.78, 5) is 0. The molecule has 0 N–H and O–H groups in total. The lowest BCUT2D eigenvalue weighted by molar-refractivity contribution is 0.631. The molecule has 89 valence electrons. The van der Waals surface area contributed by atoms with E-state index in [2.05, 4.69) is 39.0 Å². The van der Waals surface area contributed by atoms with Crippen LogP contribution in [0.3, 0.4) is 0 Å². The minimum absolute atomic E-state index is 0.730. The SMILES string of the molecule is CCCCCCc1ccc[c]c1CC(C)C. The van der Waals surface area contributed by atoms with E-state index < -0.39 is 0 Å². The minimum Gasteiger partial charge on any atom is -0.0654 e. The fourth-order valence-corrected chi connectivity index (χ4v) is 2.08. The van der Waals surface area contributed by atoms with Crippen LogP contribution in [0, 0.1) is 12.0 Å². The first-order chi connectivity index (χ1) is 7.74. The van der Waals surface area contributed by atoms with Crippen LogP contribution in [0.1, 0.15) is 57.6 Å². The first-order valence-corrected chi connectivity index (χ1v) is 6.72. The Morgan fingerprint density at radius 2 is 2.00 bits per heavy atom. The monoisotopic (exact) mass is 217 g/mol. The molecule has 0 aliphatic carbocycles. The van der Waals surface area contributed by atoms with Gasteiger partial charge in [-0.15, -0.1) is 0 Å². The molecule has 1 radical (unpaired) electrons. The first kappa shape index (κ1) is 13.3. The molecule has 0 saturated carbocycles. The van der Waals surface area contributed by atoms with Crippen LogP contribution >= 0.6 is 0 Å². The molecule has 0 heterocycles. The van der Waals surface area contributed by atoms with Crippen molar-refractivity contribution in [3.8, 4) is 0 Å². The predicted octanol–water partition coefficient (Wildman–Crippen LogP) is 4.81. The maximum atomic E-state index is 3.41. The van der Waals surface area contributed by atoms with Crippen LogP contribution in [-0.2, 0) is 12.8 Å². The van der Waals surface area contributed by atoms with E-state index in [0.29, 0.717) is 0 Å². The average molecular weight is 217 g/mol. The fourth-order valence-electron chi connectivity index (χ4n) is 2.08. The van der Waals surface area contributed by atoms with E-state index in [1.54, 1.807) is 0 Å². The number of rotatable bonds is 7. The maximum Gasteiger partial charge on any atom is -0.0146 e. The van der Waals surface area contributed by atoms with E-state index in [4.69, 9.17) is 0 Å². The van der Waals surface area contributed by atoms with Gasteiger partial charge >= 0.3 is 0 Å². The third kappa shape index (κ3) is 4.83. The van der Waals surface area contributed by atoms with Gasteiger partial charge in [-0.2, -0.15) is 0 Å². The van der Waals surface area contributed by atoms with Crippen LogP contribution in [0.2, 0.25) is 0 Å². The van der Waals surface area contributed by atoms with Gasteiger partial charge in [0, 0.05) is 0 Å². The topological polar surface area (TPSA) is 0 Å². The fraction of sp³-hybridized carbons (Fsp3) is 0.625. The maximum absolute atomic E-state index is 3.41. The number of unbranched alkanes of at least 4 members (excludes halogenated alkanes) is 3. The third-order valence-electron chi connectivity index (χ3n) is 2.95. The van der Waals surface area contributed by atoms with Gasteiger partial charge in [0.15, 0.2) is 0 Å². The zero-order chi connectivity index (χ0) is 11.8. The van der Waals surface area contributed by atoms with Gasteiger partial charge in [0.05, 0.1) is 0 Å². The summed E-state index contributed by atoms with van der Waals surface area (Å²) < 4.78 is 0. The Morgan fingerprint density at radius 1 is 1.19 bits per heavy atom. The summed E-state index contributed by atoms with van der Waals surface area (Å²) in [5.74, 6) is 0.730. The highest BCUT2D eigenvalue weighted by atomic mass is 14.1. The van der Waals surface area contributed by atoms with Crippen molar-refractivity contribution >= 4 is 0 Å². The Balaban J connectivity index is 2.50. The molecule has 0 saturated heterocycles. The lowest BCUT2D eigenvalue weighted by Crippen LogP contribution is -1.99. The highest BCUT2D eigenvalue weighted by Crippen LogP contribution is 2.16. The zero-order valence-corrected chi connectivity index (χ0v) is 11.1. The van der Waals surface area contributed by atoms with Crippen molar-refractivity contribution < 1.29 is 0 Å². The van der Waals surface area contributed by atoms with Gasteiger partial charge < -0.3 is 0 Å². The zero-order valence-electron chi connectivity index (χ0n) is 11.1. The van der Waals surface area contributed by atoms with Crippen LogP contribution in [0.25, 0.3) is 0 Å². The summed E-state index contributed by atoms with van der Waals surface area (Å²) in [6.07, 6.45) is 7.79. The summed E-state index contributed by atoms with van der Waals surface area (Å²) in [5.41, 5.74) is 2.96. The molecule has 0 unspecified atom stereocenters. The van der Waals surface area contributed by atoms with Gasteiger partial charge in [-0.1, -0.05) is 58.2 Å². The van der Waals surface area contributed by atoms with E-state index >= 15 is 0 Å². The summed E-state index contributed by atoms with van der Waals surface area (Å²) in [6, 6.07) is 9.86. The normalized spacial score (nSPS) is 11.0. The van der Waals surface area contributed by atoms with Gasteiger partial charge in [0.1, 0.15) is 0 Å². The standard InChI is InChI=1S/C16H25/c1-4-5-6-7-10-15-11-8-9-12-16(15)13-14(2)3/h8-9,11,14H,4-7,10,13H2,1-3H3. The van der Waals surface area contributed by atoms with Crippen LogP contribution in [-0.4, -0.2) is 0 Å². The van der Waals surface area contributed by atoms with Crippen molar-refractivity contribution in [3.63, 3.8) is 0 Å². The first-order valence-electron chi connectivity index (χ1n) is 6.72. The van der Waals surface area contributed by atoms with E-state index in [1.807, 2.05) is 6.07 Å². The van der Waals surface area contributed by atoms with Crippen LogP contribution < -0.4 is 0 Å². The third-order valence-corrected chi connectivity index (χ3v) is 2.95. The van der Waals surface area contributed by atoms with Crippen LogP contribution in [0.5, 0.6) is 0 Å². The Bertz CT molecular complexity index is 286. The van der Waals surface area contributed by atoms with Gasteiger partial charge in [0.2, 0.25) is 0 Å². The van der Waals surface area contributed by atoms with Crippen LogP contribution in [0.4, 0.5) is 0 Å². The Hall–Kier alpha value is -0.780. The predicted molar refractivity (Wildman–Crippen MR) is 71.7 cm³/mol. The summed E-state index contributed by atoms with van der Waals surface area (Å²) >= 11 is 0. The molecule has 0 heteroatoms. The molecule has 0 atom stereocenters. The van der Waals surface area contributed by atoms with E-state index in [-0.39, 0.29) is 0 Å². The van der Waals surface area contributed by atoms with Crippen molar-refractivity contribution in [1.82, 2.24) is 0 Å². The molecule has 0 aliphatic heterocycles. The van der Waals surface area contributed by atoms with Gasteiger partial charge in [-0.25, -0.2) is 0 Å². The quantitative estimate of drug-likeness (QED) is 0.575. The second-order valence-electron chi connectivity index (χ2n) is 5.08. The summed E-state index contributed by atoms with van der Waals surface area (Å²) in [6.45, 7) is 6.82. The van der Waals surface area contributed by atoms with Crippen molar-refractivity contribution in [2.75, 3.05) is 0 Å². The molecular formula is C16H25. The lowest BCUT2D eigenvalue weighted by atomic mass is 9.95. The number of hydrogen-bond acceptors (Lipinski definition) is 0. The molecular weight excluding hydrogens is 192 g/mol. The molecule has 0 amide bonds. The van der Waals surface area contributed by atoms with Crippen LogP contribution in [0.15, 0.2) is 18.2 Å². The largest absolute Gasteiger partial charge is 0.0654 e. The second kappa shape index (κ2) is 7.49. The molecule has 0 spiro atoms. The summed E-state index contributed by atoms with van der Waals surface area (Å²) in [5, 5.41) is 0. The van der Waals surface area contributed by atoms with E-state index in [9.17, 15) is 0 Å². The molecule has 0 fully saturated rings. The van der Waals surface area contributed by atoms with E-state index in [1.165, 1.54) is 49.7 Å². The molecule has 0 bridgehead atoms. The molecule has 0 aliphatic rings. The highest BCUT2D eigenvalue weighted by Gasteiger charge is 2.04. The number of benzene rings is 1. The van der Waals surface area contributed by atoms with E-state index in [0.717, 1.165) is 5.92 Å². The minimum atomic E-state index is 0.730. The Kier molecular flexibility index (Phi) is 6.22. The average Bonchev–Trinajstić information content (AvgIpc) is 2.26. The van der Waals surface area contributed by atoms with Crippen molar-refractivity contribution in [2.45, 2.75) is 59.3 Å². The van der Waals surface area contributed by atoms with Gasteiger partial charge in [-0.3, -0.25) is 0 Å².